The highest BCUT2D eigenvalue weighted by atomic mass is 127. The molecule has 4 aromatic rings. The summed E-state index contributed by atoms with van der Waals surface area (Å²) in [6.45, 7) is 6.29. The standard InChI is InChI=1S/C20H19IN4OS/c1-13-12-25(27-21)17-10-9-14(11-16(13)17)18-23-24-19(26-18)22-20(2,3)15-7-5-4-6-8-15/h4-12H,1-3H3,(H,22,24). The molecule has 7 heteroatoms. The van der Waals surface area contributed by atoms with Crippen LogP contribution in [0.3, 0.4) is 0 Å². The predicted molar refractivity (Wildman–Crippen MR) is 120 cm³/mol. The summed E-state index contributed by atoms with van der Waals surface area (Å²) in [7, 11) is 1.65. The Labute approximate surface area is 174 Å². The van der Waals surface area contributed by atoms with E-state index in [1.54, 1.807) is 9.12 Å². The Balaban J connectivity index is 1.63. The first-order valence-corrected chi connectivity index (χ1v) is 11.9. The minimum atomic E-state index is -0.319. The van der Waals surface area contributed by atoms with Gasteiger partial charge in [0.05, 0.1) is 11.1 Å². The van der Waals surface area contributed by atoms with Crippen LogP contribution in [0.1, 0.15) is 25.0 Å². The van der Waals surface area contributed by atoms with Crippen LogP contribution in [-0.4, -0.2) is 14.2 Å². The highest BCUT2D eigenvalue weighted by Crippen LogP contribution is 2.32. The third-order valence-corrected chi connectivity index (χ3v) is 6.35. The van der Waals surface area contributed by atoms with Crippen LogP contribution in [0.5, 0.6) is 0 Å². The van der Waals surface area contributed by atoms with Gasteiger partial charge < -0.3 is 9.73 Å². The lowest BCUT2D eigenvalue weighted by atomic mass is 9.95. The van der Waals surface area contributed by atoms with Crippen LogP contribution in [0, 0.1) is 6.92 Å². The van der Waals surface area contributed by atoms with E-state index in [9.17, 15) is 0 Å². The number of hydrogen-bond donors (Lipinski definition) is 1. The quantitative estimate of drug-likeness (QED) is 0.338. The highest BCUT2D eigenvalue weighted by Gasteiger charge is 2.23. The van der Waals surface area contributed by atoms with Gasteiger partial charge in [0.25, 0.3) is 0 Å². The summed E-state index contributed by atoms with van der Waals surface area (Å²) in [6.07, 6.45) is 2.13. The molecule has 0 aliphatic rings. The van der Waals surface area contributed by atoms with Gasteiger partial charge in [-0.3, -0.25) is 3.97 Å². The second kappa shape index (κ2) is 7.20. The number of aromatic nitrogens is 3. The number of benzene rings is 2. The Hall–Kier alpha value is -2.00. The molecule has 2 heterocycles. The molecule has 138 valence electrons. The first-order valence-electron chi connectivity index (χ1n) is 8.56. The van der Waals surface area contributed by atoms with Gasteiger partial charge in [-0.25, -0.2) is 0 Å². The van der Waals surface area contributed by atoms with Crippen molar-refractivity contribution in [2.24, 2.45) is 0 Å². The van der Waals surface area contributed by atoms with Gasteiger partial charge in [-0.2, -0.15) is 0 Å². The molecule has 0 aliphatic carbocycles. The number of anilines is 1. The van der Waals surface area contributed by atoms with Crippen LogP contribution in [-0.2, 0) is 5.54 Å². The monoisotopic (exact) mass is 490 g/mol. The van der Waals surface area contributed by atoms with Crippen LogP contribution in [0.25, 0.3) is 22.4 Å². The zero-order chi connectivity index (χ0) is 19.0. The molecule has 1 N–H and O–H groups in total. The van der Waals surface area contributed by atoms with Gasteiger partial charge in [-0.15, -0.1) is 5.10 Å². The van der Waals surface area contributed by atoms with Crippen LogP contribution in [0.2, 0.25) is 0 Å². The Kier molecular flexibility index (Phi) is 4.90. The number of nitrogens with zero attached hydrogens (tertiary/aromatic N) is 3. The molecule has 0 spiro atoms. The van der Waals surface area contributed by atoms with Gasteiger partial charge in [0, 0.05) is 47.5 Å². The van der Waals surface area contributed by atoms with E-state index in [2.05, 4.69) is 91.9 Å². The maximum atomic E-state index is 5.90. The molecule has 2 aromatic heterocycles. The molecule has 0 saturated heterocycles. The van der Waals surface area contributed by atoms with E-state index in [0.717, 1.165) is 11.1 Å². The number of halogens is 1. The van der Waals surface area contributed by atoms with Crippen molar-refractivity contribution in [1.29, 1.82) is 0 Å². The summed E-state index contributed by atoms with van der Waals surface area (Å²) < 4.78 is 8.05. The molecule has 0 saturated carbocycles. The van der Waals surface area contributed by atoms with Gasteiger partial charge in [0.1, 0.15) is 0 Å². The molecule has 0 amide bonds. The number of rotatable bonds is 5. The molecule has 5 nitrogen and oxygen atoms in total. The molecule has 0 unspecified atom stereocenters. The summed E-state index contributed by atoms with van der Waals surface area (Å²) in [6, 6.07) is 16.8. The van der Waals surface area contributed by atoms with Gasteiger partial charge in [-0.05, 0) is 50.1 Å². The van der Waals surface area contributed by atoms with Crippen LogP contribution in [0.15, 0.2) is 59.1 Å². The number of aryl methyl sites for hydroxylation is 1. The van der Waals surface area contributed by atoms with E-state index in [1.807, 2.05) is 24.3 Å². The highest BCUT2D eigenvalue weighted by molar-refractivity contribution is 14.2. The largest absolute Gasteiger partial charge is 0.403 e. The fourth-order valence-electron chi connectivity index (χ4n) is 3.13. The van der Waals surface area contributed by atoms with Gasteiger partial charge >= 0.3 is 6.01 Å². The number of nitrogens with one attached hydrogen (secondary N) is 1. The topological polar surface area (TPSA) is 55.9 Å². The fraction of sp³-hybridized carbons (Fsp3) is 0.200. The summed E-state index contributed by atoms with van der Waals surface area (Å²) in [5.74, 6) is 0.512. The maximum Gasteiger partial charge on any atom is 0.316 e. The summed E-state index contributed by atoms with van der Waals surface area (Å²) in [5, 5.41) is 13.0. The predicted octanol–water partition coefficient (Wildman–Crippen LogP) is 6.19. The summed E-state index contributed by atoms with van der Waals surface area (Å²) in [4.78, 5) is 0. The van der Waals surface area contributed by atoms with E-state index in [0.29, 0.717) is 11.9 Å². The van der Waals surface area contributed by atoms with Gasteiger partial charge in [0.15, 0.2) is 0 Å². The van der Waals surface area contributed by atoms with E-state index in [1.165, 1.54) is 16.5 Å². The SMILES string of the molecule is Cc1cn(SI)c2ccc(-c3nnc(NC(C)(C)c4ccccc4)o3)cc12. The number of fused-ring (bicyclic) bond motifs is 1. The summed E-state index contributed by atoms with van der Waals surface area (Å²) >= 11 is 2.29. The lowest BCUT2D eigenvalue weighted by Crippen LogP contribution is -2.27. The van der Waals surface area contributed by atoms with E-state index in [4.69, 9.17) is 4.42 Å². The van der Waals surface area contributed by atoms with Crippen molar-refractivity contribution in [3.8, 4) is 11.5 Å². The van der Waals surface area contributed by atoms with E-state index < -0.39 is 0 Å². The first kappa shape index (κ1) is 18.4. The van der Waals surface area contributed by atoms with Gasteiger partial charge in [0.2, 0.25) is 5.89 Å². The van der Waals surface area contributed by atoms with E-state index >= 15 is 0 Å². The molecular weight excluding hydrogens is 471 g/mol. The molecule has 27 heavy (non-hydrogen) atoms. The zero-order valence-corrected chi connectivity index (χ0v) is 18.2. The van der Waals surface area contributed by atoms with Crippen molar-refractivity contribution in [3.05, 3.63) is 65.9 Å². The summed E-state index contributed by atoms with van der Waals surface area (Å²) in [5.41, 5.74) is 4.15. The second-order valence-electron chi connectivity index (χ2n) is 6.97. The van der Waals surface area contributed by atoms with Crippen molar-refractivity contribution in [1.82, 2.24) is 14.2 Å². The van der Waals surface area contributed by atoms with Crippen molar-refractivity contribution in [2.75, 3.05) is 5.32 Å². The number of hydrogen-bond acceptors (Lipinski definition) is 5. The van der Waals surface area contributed by atoms with Crippen molar-refractivity contribution in [3.63, 3.8) is 0 Å². The Morgan fingerprint density at radius 3 is 2.63 bits per heavy atom. The second-order valence-corrected chi connectivity index (χ2v) is 8.68. The van der Waals surface area contributed by atoms with E-state index in [-0.39, 0.29) is 5.54 Å². The molecule has 4 rings (SSSR count). The minimum absolute atomic E-state index is 0.319. The molecule has 0 aliphatic heterocycles. The normalized spacial score (nSPS) is 11.9. The van der Waals surface area contributed by atoms with Crippen molar-refractivity contribution in [2.45, 2.75) is 26.3 Å². The fourth-order valence-corrected chi connectivity index (χ4v) is 4.54. The third-order valence-electron chi connectivity index (χ3n) is 4.63. The molecular formula is C20H19IN4OS. The maximum absolute atomic E-state index is 5.90. The first-order chi connectivity index (χ1) is 13.0. The lowest BCUT2D eigenvalue weighted by molar-refractivity contribution is 0.527. The molecule has 0 fully saturated rings. The molecule has 0 atom stereocenters. The average Bonchev–Trinajstić information content (AvgIpc) is 3.26. The smallest absolute Gasteiger partial charge is 0.316 e. The minimum Gasteiger partial charge on any atom is -0.403 e. The third kappa shape index (κ3) is 3.58. The van der Waals surface area contributed by atoms with Gasteiger partial charge in [-0.1, -0.05) is 35.4 Å². The van der Waals surface area contributed by atoms with Crippen molar-refractivity contribution < 1.29 is 4.42 Å². The Bertz CT molecular complexity index is 1090. The lowest BCUT2D eigenvalue weighted by Gasteiger charge is -2.25. The molecule has 0 radical (unpaired) electrons. The van der Waals surface area contributed by atoms with Crippen molar-refractivity contribution >= 4 is 47.2 Å². The molecule has 2 aromatic carbocycles. The molecule has 0 bridgehead atoms. The Morgan fingerprint density at radius 2 is 1.89 bits per heavy atom. The zero-order valence-electron chi connectivity index (χ0n) is 15.2. The van der Waals surface area contributed by atoms with Crippen LogP contribution >= 0.6 is 30.3 Å². The average molecular weight is 490 g/mol. The van der Waals surface area contributed by atoms with Crippen LogP contribution in [0.4, 0.5) is 6.01 Å². The van der Waals surface area contributed by atoms with Crippen LogP contribution < -0.4 is 5.32 Å². The Morgan fingerprint density at radius 1 is 1.11 bits per heavy atom.